The Morgan fingerprint density at radius 2 is 1.93 bits per heavy atom. The molecule has 3 heterocycles. The number of carbonyl (C=O) groups excluding carboxylic acids is 1. The van der Waals surface area contributed by atoms with E-state index in [-0.39, 0.29) is 28.1 Å². The molecule has 1 saturated heterocycles. The summed E-state index contributed by atoms with van der Waals surface area (Å²) in [6, 6.07) is 14.4. The van der Waals surface area contributed by atoms with E-state index in [1.165, 1.54) is 23.4 Å². The summed E-state index contributed by atoms with van der Waals surface area (Å²) >= 11 is 6.38. The number of phenolic OH excluding ortho intramolecular Hbond substituents is 1. The Kier molecular flexibility index (Phi) is 8.48. The molecule has 1 aliphatic rings. The number of rotatable bonds is 8. The Morgan fingerprint density at radius 1 is 1.12 bits per heavy atom. The Labute approximate surface area is 239 Å². The van der Waals surface area contributed by atoms with Crippen LogP contribution in [0.25, 0.3) is 0 Å². The predicted octanol–water partition coefficient (Wildman–Crippen LogP) is 3.92. The van der Waals surface area contributed by atoms with E-state index in [4.69, 9.17) is 22.2 Å². The number of aromatic hydroxyl groups is 1. The summed E-state index contributed by atoms with van der Waals surface area (Å²) in [4.78, 5) is 26.9. The third kappa shape index (κ3) is 6.84. The normalized spacial score (nSPS) is 13.3. The number of nitrogens with zero attached hydrogens (tertiary/aromatic N) is 6. The van der Waals surface area contributed by atoms with Gasteiger partial charge in [0, 0.05) is 24.8 Å². The summed E-state index contributed by atoms with van der Waals surface area (Å²) in [7, 11) is 0. The number of hydrogen-bond acceptors (Lipinski definition) is 11. The maximum absolute atomic E-state index is 14.2. The number of morpholine rings is 1. The molecule has 0 atom stereocenters. The van der Waals surface area contributed by atoms with Crippen LogP contribution in [0.5, 0.6) is 5.75 Å². The second-order valence-electron chi connectivity index (χ2n) is 8.81. The minimum Gasteiger partial charge on any atom is -0.508 e. The molecule has 5 N–H and O–H groups in total. The van der Waals surface area contributed by atoms with Crippen molar-refractivity contribution in [2.24, 2.45) is 10.9 Å². The minimum atomic E-state index is -0.516. The molecule has 1 aliphatic heterocycles. The topological polar surface area (TPSA) is 154 Å². The molecule has 14 heteroatoms. The fourth-order valence-electron chi connectivity index (χ4n) is 3.95. The van der Waals surface area contributed by atoms with Crippen molar-refractivity contribution in [2.75, 3.05) is 47.0 Å². The molecule has 1 fully saturated rings. The molecule has 0 unspecified atom stereocenters. The van der Waals surface area contributed by atoms with Crippen LogP contribution in [0.3, 0.4) is 0 Å². The van der Waals surface area contributed by atoms with Crippen LogP contribution >= 0.6 is 11.6 Å². The van der Waals surface area contributed by atoms with Crippen molar-refractivity contribution in [3.63, 3.8) is 0 Å². The van der Waals surface area contributed by atoms with Gasteiger partial charge in [-0.3, -0.25) is 14.8 Å². The molecule has 0 spiro atoms. The predicted molar refractivity (Wildman–Crippen MR) is 154 cm³/mol. The van der Waals surface area contributed by atoms with E-state index in [2.05, 4.69) is 30.8 Å². The van der Waals surface area contributed by atoms with Crippen molar-refractivity contribution >= 4 is 52.6 Å². The number of anilines is 5. The van der Waals surface area contributed by atoms with Crippen molar-refractivity contribution in [1.82, 2.24) is 15.0 Å². The van der Waals surface area contributed by atoms with Gasteiger partial charge in [0.1, 0.15) is 5.75 Å². The average molecular weight is 578 g/mol. The maximum atomic E-state index is 14.2. The number of hydrazone groups is 1. The quantitative estimate of drug-likeness (QED) is 0.138. The zero-order valence-electron chi connectivity index (χ0n) is 21.5. The smallest absolute Gasteiger partial charge is 0.257 e. The van der Waals surface area contributed by atoms with Gasteiger partial charge in [0.25, 0.3) is 5.91 Å². The minimum absolute atomic E-state index is 0.0325. The molecule has 41 heavy (non-hydrogen) atoms. The van der Waals surface area contributed by atoms with Crippen LogP contribution in [0.4, 0.5) is 33.2 Å². The van der Waals surface area contributed by atoms with Gasteiger partial charge >= 0.3 is 0 Å². The van der Waals surface area contributed by atoms with Crippen LogP contribution in [0.2, 0.25) is 5.02 Å². The van der Waals surface area contributed by atoms with Crippen LogP contribution in [0, 0.1) is 5.82 Å². The number of benzene rings is 2. The zero-order chi connectivity index (χ0) is 28.8. The molecule has 2 aromatic heterocycles. The lowest BCUT2D eigenvalue weighted by molar-refractivity contribution is 0.102. The van der Waals surface area contributed by atoms with Gasteiger partial charge in [-0.25, -0.2) is 20.6 Å². The summed E-state index contributed by atoms with van der Waals surface area (Å²) in [5.74, 6) is 5.69. The van der Waals surface area contributed by atoms with E-state index in [0.717, 1.165) is 6.20 Å². The first kappa shape index (κ1) is 27.7. The molecule has 0 aliphatic carbocycles. The van der Waals surface area contributed by atoms with E-state index in [1.807, 2.05) is 0 Å². The highest BCUT2D eigenvalue weighted by molar-refractivity contribution is 6.34. The van der Waals surface area contributed by atoms with E-state index in [1.54, 1.807) is 53.6 Å². The van der Waals surface area contributed by atoms with Crippen molar-refractivity contribution in [1.29, 1.82) is 0 Å². The number of nitrogens with one attached hydrogen (secondary N) is 2. The number of halogens is 2. The van der Waals surface area contributed by atoms with Crippen LogP contribution < -0.4 is 26.5 Å². The van der Waals surface area contributed by atoms with Crippen LogP contribution in [-0.4, -0.2) is 58.5 Å². The van der Waals surface area contributed by atoms with E-state index < -0.39 is 11.7 Å². The molecule has 0 radical (unpaired) electrons. The highest BCUT2D eigenvalue weighted by atomic mass is 35.5. The van der Waals surface area contributed by atoms with E-state index in [0.29, 0.717) is 49.1 Å². The second-order valence-corrected chi connectivity index (χ2v) is 9.22. The summed E-state index contributed by atoms with van der Waals surface area (Å²) in [6.07, 6.45) is 4.10. The Bertz CT molecular complexity index is 1570. The van der Waals surface area contributed by atoms with Gasteiger partial charge in [0.05, 0.1) is 59.5 Å². The fraction of sp³-hybridized carbons (Fsp3) is 0.148. The van der Waals surface area contributed by atoms with Gasteiger partial charge in [-0.15, -0.1) is 0 Å². The van der Waals surface area contributed by atoms with Crippen molar-refractivity contribution in [3.05, 3.63) is 89.1 Å². The summed E-state index contributed by atoms with van der Waals surface area (Å²) in [6.45, 7) is 2.08. The van der Waals surface area contributed by atoms with E-state index in [9.17, 15) is 14.3 Å². The van der Waals surface area contributed by atoms with E-state index >= 15 is 0 Å². The molecule has 5 rings (SSSR count). The number of ether oxygens (including phenoxy) is 1. The molecule has 2 aromatic carbocycles. The van der Waals surface area contributed by atoms with Crippen LogP contribution in [0.1, 0.15) is 16.1 Å². The van der Waals surface area contributed by atoms with Gasteiger partial charge in [-0.1, -0.05) is 17.7 Å². The van der Waals surface area contributed by atoms with Gasteiger partial charge in [0.15, 0.2) is 11.6 Å². The van der Waals surface area contributed by atoms with Gasteiger partial charge in [-0.2, -0.15) is 10.1 Å². The first-order chi connectivity index (χ1) is 19.9. The summed E-state index contributed by atoms with van der Waals surface area (Å²) < 4.78 is 19.5. The molecular weight excluding hydrogens is 553 g/mol. The Balaban J connectivity index is 1.20. The zero-order valence-corrected chi connectivity index (χ0v) is 22.3. The van der Waals surface area contributed by atoms with Gasteiger partial charge < -0.3 is 20.1 Å². The maximum Gasteiger partial charge on any atom is 0.257 e. The highest BCUT2D eigenvalue weighted by Crippen LogP contribution is 2.28. The number of nitrogens with two attached hydrogens (primary N) is 1. The molecule has 1 amide bonds. The second kappa shape index (κ2) is 12.6. The fourth-order valence-corrected chi connectivity index (χ4v) is 4.21. The number of amides is 1. The monoisotopic (exact) mass is 577 g/mol. The van der Waals surface area contributed by atoms with Crippen molar-refractivity contribution < 1.29 is 19.0 Å². The molecule has 4 aromatic rings. The highest BCUT2D eigenvalue weighted by Gasteiger charge is 2.18. The average Bonchev–Trinajstić information content (AvgIpc) is 2.98. The number of pyridine rings is 1. The molecule has 12 nitrogen and oxygen atoms in total. The summed E-state index contributed by atoms with van der Waals surface area (Å²) in [5, 5.41) is 17.9. The summed E-state index contributed by atoms with van der Waals surface area (Å²) in [5.41, 5.74) is 4.96. The first-order valence-electron chi connectivity index (χ1n) is 12.4. The Hall–Kier alpha value is -4.85. The number of hydrazine groups is 1. The van der Waals surface area contributed by atoms with Gasteiger partial charge in [0.2, 0.25) is 5.95 Å². The Morgan fingerprint density at radius 3 is 2.66 bits per heavy atom. The molecule has 210 valence electrons. The van der Waals surface area contributed by atoms with Crippen molar-refractivity contribution in [3.8, 4) is 5.75 Å². The lowest BCUT2D eigenvalue weighted by Gasteiger charge is -2.27. The number of hydrogen-bond donors (Lipinski definition) is 4. The lowest BCUT2D eigenvalue weighted by atomic mass is 10.1. The third-order valence-electron chi connectivity index (χ3n) is 6.03. The first-order valence-corrected chi connectivity index (χ1v) is 12.8. The lowest BCUT2D eigenvalue weighted by Crippen LogP contribution is -2.37. The van der Waals surface area contributed by atoms with Crippen LogP contribution in [0.15, 0.2) is 72.1 Å². The van der Waals surface area contributed by atoms with Crippen LogP contribution in [-0.2, 0) is 4.74 Å². The van der Waals surface area contributed by atoms with Gasteiger partial charge in [-0.05, 0) is 42.5 Å². The number of carbonyl (C=O) groups is 1. The third-order valence-corrected chi connectivity index (χ3v) is 6.34. The molecule has 0 bridgehead atoms. The van der Waals surface area contributed by atoms with Crippen molar-refractivity contribution in [2.45, 2.75) is 0 Å². The molecule has 0 saturated carbocycles. The molecular formula is C27H25ClFN9O3. The number of phenols is 1. The SMILES string of the molecule is NN(c1ccc(/C=N/Nc2ncc(F)c(N3CCOCC3)n2)nc1)c1ccc(C(=O)Nc2cccc(O)c2)c(Cl)c1. The number of aromatic nitrogens is 3. The largest absolute Gasteiger partial charge is 0.508 e. The standard InChI is InChI=1S/C27H25ClFN9O3/c28-23-13-19(6-7-22(23)26(40)34-17-2-1-3-21(39)12-17)38(30)20-5-4-18(31-15-20)14-33-36-27-32-16-24(29)25(35-27)37-8-10-41-11-9-37/h1-7,12-16,39H,8-11,30H2,(H,34,40)(H,32,35,36)/b33-14+.